The maximum absolute atomic E-state index is 11.7. The maximum Gasteiger partial charge on any atom is 0.162 e. The highest BCUT2D eigenvalue weighted by Crippen LogP contribution is 2.18. The lowest BCUT2D eigenvalue weighted by molar-refractivity contribution is 0.0663. The quantitative estimate of drug-likeness (QED) is 0.659. The van der Waals surface area contributed by atoms with Crippen LogP contribution in [0.5, 0.6) is 5.75 Å². The standard InChI is InChI=1S/C24H32N2O3/c1-3-19-5-9-21(10-6-19)26-15-13-25(14-16-26)17-22(27)18-29-23-11-7-20(8-12-23)24(28)4-2/h5-12,22,27H,3-4,13-18H2,1-2H3/t22-/m0/s1. The molecule has 1 heterocycles. The van der Waals surface area contributed by atoms with E-state index >= 15 is 0 Å². The van der Waals surface area contributed by atoms with Crippen LogP contribution < -0.4 is 9.64 Å². The van der Waals surface area contributed by atoms with Crippen molar-refractivity contribution in [1.82, 2.24) is 4.90 Å². The molecule has 0 aromatic heterocycles. The van der Waals surface area contributed by atoms with Crippen molar-refractivity contribution >= 4 is 11.5 Å². The van der Waals surface area contributed by atoms with E-state index in [-0.39, 0.29) is 12.4 Å². The zero-order valence-corrected chi connectivity index (χ0v) is 17.5. The number of hydrogen-bond acceptors (Lipinski definition) is 5. The van der Waals surface area contributed by atoms with Crippen LogP contribution in [0, 0.1) is 0 Å². The molecular weight excluding hydrogens is 364 g/mol. The number of Topliss-reactive ketones (excluding diaryl/α,β-unsaturated/α-hetero) is 1. The molecule has 5 heteroatoms. The number of aryl methyl sites for hydroxylation is 1. The second-order valence-electron chi connectivity index (χ2n) is 7.57. The summed E-state index contributed by atoms with van der Waals surface area (Å²) in [6.07, 6.45) is 1.02. The van der Waals surface area contributed by atoms with Crippen molar-refractivity contribution < 1.29 is 14.6 Å². The minimum absolute atomic E-state index is 0.122. The number of carbonyl (C=O) groups excluding carboxylic acids is 1. The summed E-state index contributed by atoms with van der Waals surface area (Å²) in [6, 6.07) is 15.9. The molecule has 3 rings (SSSR count). The Morgan fingerprint density at radius 2 is 1.66 bits per heavy atom. The van der Waals surface area contributed by atoms with E-state index in [2.05, 4.69) is 41.0 Å². The first-order valence-electron chi connectivity index (χ1n) is 10.6. The van der Waals surface area contributed by atoms with Crippen molar-refractivity contribution in [3.05, 3.63) is 59.7 Å². The van der Waals surface area contributed by atoms with Crippen LogP contribution in [0.4, 0.5) is 5.69 Å². The predicted octanol–water partition coefficient (Wildman–Crippen LogP) is 3.40. The molecule has 2 aromatic carbocycles. The Bertz CT molecular complexity index is 766. The fourth-order valence-corrected chi connectivity index (χ4v) is 3.62. The molecule has 2 aromatic rings. The SMILES string of the molecule is CCC(=O)c1ccc(OC[C@@H](O)CN2CCN(c3ccc(CC)cc3)CC2)cc1. The van der Waals surface area contributed by atoms with E-state index in [4.69, 9.17) is 4.74 Å². The van der Waals surface area contributed by atoms with Crippen LogP contribution >= 0.6 is 0 Å². The van der Waals surface area contributed by atoms with Gasteiger partial charge in [-0.15, -0.1) is 0 Å². The number of ether oxygens (including phenoxy) is 1. The molecule has 0 amide bonds. The molecule has 0 bridgehead atoms. The molecular formula is C24H32N2O3. The molecule has 5 nitrogen and oxygen atoms in total. The zero-order valence-electron chi connectivity index (χ0n) is 17.5. The maximum atomic E-state index is 11.7. The molecule has 0 radical (unpaired) electrons. The third-order valence-corrected chi connectivity index (χ3v) is 5.49. The number of nitrogens with zero attached hydrogens (tertiary/aromatic N) is 2. The Balaban J connectivity index is 1.40. The zero-order chi connectivity index (χ0) is 20.6. The van der Waals surface area contributed by atoms with E-state index in [1.165, 1.54) is 11.3 Å². The number of anilines is 1. The van der Waals surface area contributed by atoms with Crippen molar-refractivity contribution in [1.29, 1.82) is 0 Å². The van der Waals surface area contributed by atoms with Gasteiger partial charge in [-0.25, -0.2) is 0 Å². The summed E-state index contributed by atoms with van der Waals surface area (Å²) in [5.41, 5.74) is 3.33. The summed E-state index contributed by atoms with van der Waals surface area (Å²) >= 11 is 0. The fourth-order valence-electron chi connectivity index (χ4n) is 3.62. The lowest BCUT2D eigenvalue weighted by Gasteiger charge is -2.37. The second-order valence-corrected chi connectivity index (χ2v) is 7.57. The Morgan fingerprint density at radius 1 is 1.00 bits per heavy atom. The van der Waals surface area contributed by atoms with Crippen molar-refractivity contribution in [2.45, 2.75) is 32.8 Å². The number of carbonyl (C=O) groups is 1. The van der Waals surface area contributed by atoms with Crippen molar-refractivity contribution in [3.8, 4) is 5.75 Å². The number of β-amino-alcohol motifs (C(OH)–C–C–N with tert-alkyl or cyclic N) is 1. The van der Waals surface area contributed by atoms with E-state index in [1.54, 1.807) is 24.3 Å². The summed E-state index contributed by atoms with van der Waals surface area (Å²) in [4.78, 5) is 16.4. The summed E-state index contributed by atoms with van der Waals surface area (Å²) in [6.45, 7) is 8.67. The van der Waals surface area contributed by atoms with Gasteiger partial charge in [0.05, 0.1) is 0 Å². The molecule has 1 atom stereocenters. The van der Waals surface area contributed by atoms with Gasteiger partial charge in [0.25, 0.3) is 0 Å². The van der Waals surface area contributed by atoms with E-state index < -0.39 is 6.10 Å². The highest BCUT2D eigenvalue weighted by Gasteiger charge is 2.19. The third-order valence-electron chi connectivity index (χ3n) is 5.49. The van der Waals surface area contributed by atoms with Crippen molar-refractivity contribution in [2.75, 3.05) is 44.2 Å². The van der Waals surface area contributed by atoms with Gasteiger partial charge in [0.15, 0.2) is 5.78 Å². The number of hydrogen-bond donors (Lipinski definition) is 1. The molecule has 1 saturated heterocycles. The average molecular weight is 397 g/mol. The van der Waals surface area contributed by atoms with Crippen LogP contribution in [0.25, 0.3) is 0 Å². The third kappa shape index (κ3) is 6.05. The summed E-state index contributed by atoms with van der Waals surface area (Å²) < 4.78 is 5.69. The highest BCUT2D eigenvalue weighted by atomic mass is 16.5. The summed E-state index contributed by atoms with van der Waals surface area (Å²) in [5, 5.41) is 10.3. The van der Waals surface area contributed by atoms with E-state index in [0.717, 1.165) is 32.6 Å². The topological polar surface area (TPSA) is 53.0 Å². The molecule has 29 heavy (non-hydrogen) atoms. The first kappa shape index (κ1) is 21.3. The van der Waals surface area contributed by atoms with Gasteiger partial charge in [-0.1, -0.05) is 26.0 Å². The van der Waals surface area contributed by atoms with Gasteiger partial charge in [-0.3, -0.25) is 9.69 Å². The average Bonchev–Trinajstić information content (AvgIpc) is 2.78. The van der Waals surface area contributed by atoms with Gasteiger partial charge in [-0.05, 0) is 48.4 Å². The Labute approximate surface area is 173 Å². The summed E-state index contributed by atoms with van der Waals surface area (Å²) in [7, 11) is 0. The van der Waals surface area contributed by atoms with Gasteiger partial charge in [-0.2, -0.15) is 0 Å². The van der Waals surface area contributed by atoms with Gasteiger partial charge in [0, 0.05) is 50.4 Å². The van der Waals surface area contributed by atoms with Crippen LogP contribution in [-0.2, 0) is 6.42 Å². The molecule has 0 unspecified atom stereocenters. The number of piperazine rings is 1. The molecule has 156 valence electrons. The van der Waals surface area contributed by atoms with Crippen LogP contribution in [0.15, 0.2) is 48.5 Å². The first-order chi connectivity index (χ1) is 14.1. The molecule has 1 aliphatic heterocycles. The van der Waals surface area contributed by atoms with Crippen molar-refractivity contribution in [2.24, 2.45) is 0 Å². The molecule has 0 saturated carbocycles. The largest absolute Gasteiger partial charge is 0.491 e. The van der Waals surface area contributed by atoms with Crippen LogP contribution in [0.2, 0.25) is 0 Å². The molecule has 1 fully saturated rings. The van der Waals surface area contributed by atoms with E-state index in [1.807, 2.05) is 6.92 Å². The van der Waals surface area contributed by atoms with Crippen molar-refractivity contribution in [3.63, 3.8) is 0 Å². The van der Waals surface area contributed by atoms with Gasteiger partial charge in [0.2, 0.25) is 0 Å². The number of aliphatic hydroxyl groups excluding tert-OH is 1. The van der Waals surface area contributed by atoms with E-state index in [9.17, 15) is 9.90 Å². The number of benzene rings is 2. The Hall–Kier alpha value is -2.37. The minimum atomic E-state index is -0.540. The number of aliphatic hydroxyl groups is 1. The number of ketones is 1. The monoisotopic (exact) mass is 396 g/mol. The normalized spacial score (nSPS) is 15.9. The van der Waals surface area contributed by atoms with Gasteiger partial charge in [0.1, 0.15) is 18.5 Å². The summed E-state index contributed by atoms with van der Waals surface area (Å²) in [5.74, 6) is 0.800. The number of rotatable bonds is 9. The molecule has 0 aliphatic carbocycles. The van der Waals surface area contributed by atoms with Crippen LogP contribution in [0.3, 0.4) is 0 Å². The Morgan fingerprint density at radius 3 is 2.24 bits per heavy atom. The second kappa shape index (κ2) is 10.4. The fraction of sp³-hybridized carbons (Fsp3) is 0.458. The van der Waals surface area contributed by atoms with Crippen LogP contribution in [-0.4, -0.2) is 61.2 Å². The smallest absolute Gasteiger partial charge is 0.162 e. The lowest BCUT2D eigenvalue weighted by Crippen LogP contribution is -2.49. The lowest BCUT2D eigenvalue weighted by atomic mass is 10.1. The Kier molecular flexibility index (Phi) is 7.67. The molecule has 0 spiro atoms. The van der Waals surface area contributed by atoms with E-state index in [0.29, 0.717) is 24.3 Å². The highest BCUT2D eigenvalue weighted by molar-refractivity contribution is 5.95. The van der Waals surface area contributed by atoms with Gasteiger partial charge >= 0.3 is 0 Å². The molecule has 1 N–H and O–H groups in total. The van der Waals surface area contributed by atoms with Gasteiger partial charge < -0.3 is 14.7 Å². The molecule has 1 aliphatic rings. The first-order valence-corrected chi connectivity index (χ1v) is 10.6. The minimum Gasteiger partial charge on any atom is -0.491 e. The predicted molar refractivity (Wildman–Crippen MR) is 117 cm³/mol. The van der Waals surface area contributed by atoms with Crippen LogP contribution in [0.1, 0.15) is 36.2 Å².